The summed E-state index contributed by atoms with van der Waals surface area (Å²) in [6.07, 6.45) is 0.385. The number of nitrogens with zero attached hydrogens (tertiary/aromatic N) is 1. The molecule has 0 aliphatic carbocycles. The van der Waals surface area contributed by atoms with E-state index in [-0.39, 0.29) is 6.10 Å². The first kappa shape index (κ1) is 13.0. The van der Waals surface area contributed by atoms with Crippen molar-refractivity contribution in [2.75, 3.05) is 5.73 Å². The quantitative estimate of drug-likeness (QED) is 0.847. The fourth-order valence-electron chi connectivity index (χ4n) is 1.82. The summed E-state index contributed by atoms with van der Waals surface area (Å²) >= 11 is 0. The van der Waals surface area contributed by atoms with Gasteiger partial charge in [-0.2, -0.15) is 5.26 Å². The molecule has 2 N–H and O–H groups in total. The third kappa shape index (κ3) is 3.49. The molecule has 2 aromatic carbocycles. The lowest BCUT2D eigenvalue weighted by Gasteiger charge is -2.15. The van der Waals surface area contributed by atoms with E-state index in [4.69, 9.17) is 15.7 Å². The normalized spacial score (nSPS) is 11.6. The van der Waals surface area contributed by atoms with Gasteiger partial charge in [-0.1, -0.05) is 24.3 Å². The summed E-state index contributed by atoms with van der Waals surface area (Å²) in [7, 11) is 0. The Hall–Kier alpha value is -2.47. The average molecular weight is 252 g/mol. The summed E-state index contributed by atoms with van der Waals surface area (Å²) in [6, 6.07) is 17.4. The molecule has 1 unspecified atom stereocenters. The molecule has 3 nitrogen and oxygen atoms in total. The maximum absolute atomic E-state index is 8.61. The maximum atomic E-state index is 8.61. The van der Waals surface area contributed by atoms with Crippen molar-refractivity contribution in [1.82, 2.24) is 0 Å². The van der Waals surface area contributed by atoms with E-state index >= 15 is 0 Å². The number of benzene rings is 2. The molecular formula is C16H16N2O. The van der Waals surface area contributed by atoms with E-state index < -0.39 is 0 Å². The fraction of sp³-hybridized carbons (Fsp3) is 0.188. The van der Waals surface area contributed by atoms with Crippen molar-refractivity contribution in [1.29, 1.82) is 5.26 Å². The van der Waals surface area contributed by atoms with Gasteiger partial charge in [0.05, 0.1) is 12.5 Å². The molecule has 2 rings (SSSR count). The van der Waals surface area contributed by atoms with Crippen LogP contribution in [-0.2, 0) is 6.42 Å². The van der Waals surface area contributed by atoms with Crippen LogP contribution < -0.4 is 10.5 Å². The van der Waals surface area contributed by atoms with Gasteiger partial charge in [-0.3, -0.25) is 0 Å². The van der Waals surface area contributed by atoms with E-state index in [1.54, 1.807) is 0 Å². The molecule has 0 fully saturated rings. The lowest BCUT2D eigenvalue weighted by molar-refractivity contribution is 0.227. The third-order valence-electron chi connectivity index (χ3n) is 2.93. The molecule has 0 radical (unpaired) electrons. The third-order valence-corrected chi connectivity index (χ3v) is 2.93. The van der Waals surface area contributed by atoms with Gasteiger partial charge >= 0.3 is 0 Å². The highest BCUT2D eigenvalue weighted by atomic mass is 16.5. The number of nitrogens with two attached hydrogens (primary N) is 1. The van der Waals surface area contributed by atoms with Crippen molar-refractivity contribution >= 4 is 5.69 Å². The molecule has 0 spiro atoms. The van der Waals surface area contributed by atoms with Gasteiger partial charge in [-0.05, 0) is 42.3 Å². The van der Waals surface area contributed by atoms with Crippen LogP contribution in [0.1, 0.15) is 24.2 Å². The van der Waals surface area contributed by atoms with Gasteiger partial charge in [0.1, 0.15) is 11.9 Å². The minimum Gasteiger partial charge on any atom is -0.486 e. The molecule has 0 aromatic heterocycles. The standard InChI is InChI=1S/C16H16N2O/c1-12(14-4-6-15(18)7-5-14)19-16-8-2-13(3-9-16)10-11-17/h2-9,12H,10,18H2,1H3. The smallest absolute Gasteiger partial charge is 0.121 e. The predicted octanol–water partition coefficient (Wildman–Crippen LogP) is 3.47. The molecule has 19 heavy (non-hydrogen) atoms. The van der Waals surface area contributed by atoms with Crippen LogP contribution in [0.25, 0.3) is 0 Å². The molecule has 96 valence electrons. The number of ether oxygens (including phenoxy) is 1. The summed E-state index contributed by atoms with van der Waals surface area (Å²) < 4.78 is 5.85. The summed E-state index contributed by atoms with van der Waals surface area (Å²) in [4.78, 5) is 0. The molecule has 2 aromatic rings. The van der Waals surface area contributed by atoms with E-state index in [1.165, 1.54) is 0 Å². The summed E-state index contributed by atoms with van der Waals surface area (Å²) in [5, 5.41) is 8.61. The number of anilines is 1. The second-order valence-corrected chi connectivity index (χ2v) is 4.41. The highest BCUT2D eigenvalue weighted by Crippen LogP contribution is 2.22. The van der Waals surface area contributed by atoms with Crippen LogP contribution in [0.2, 0.25) is 0 Å². The number of rotatable bonds is 4. The first-order chi connectivity index (χ1) is 9.19. The minimum absolute atomic E-state index is 0.0394. The largest absolute Gasteiger partial charge is 0.486 e. The van der Waals surface area contributed by atoms with Crippen LogP contribution in [0.4, 0.5) is 5.69 Å². The van der Waals surface area contributed by atoms with Gasteiger partial charge in [-0.15, -0.1) is 0 Å². The molecule has 3 heteroatoms. The molecule has 0 aliphatic rings. The van der Waals surface area contributed by atoms with Gasteiger partial charge in [-0.25, -0.2) is 0 Å². The molecule has 0 aliphatic heterocycles. The van der Waals surface area contributed by atoms with Crippen LogP contribution in [0.15, 0.2) is 48.5 Å². The molecular weight excluding hydrogens is 236 g/mol. The number of nitriles is 1. The Bertz CT molecular complexity index is 567. The minimum atomic E-state index is -0.0394. The highest BCUT2D eigenvalue weighted by molar-refractivity contribution is 5.40. The Morgan fingerprint density at radius 3 is 2.32 bits per heavy atom. The molecule has 0 heterocycles. The van der Waals surface area contributed by atoms with E-state index in [0.717, 1.165) is 22.6 Å². The van der Waals surface area contributed by atoms with E-state index in [9.17, 15) is 0 Å². The maximum Gasteiger partial charge on any atom is 0.121 e. The molecule has 0 amide bonds. The first-order valence-corrected chi connectivity index (χ1v) is 6.17. The van der Waals surface area contributed by atoms with E-state index in [2.05, 4.69) is 6.07 Å². The first-order valence-electron chi connectivity index (χ1n) is 6.17. The average Bonchev–Trinajstić information content (AvgIpc) is 2.42. The van der Waals surface area contributed by atoms with Gasteiger partial charge < -0.3 is 10.5 Å². The van der Waals surface area contributed by atoms with Crippen molar-refractivity contribution in [3.8, 4) is 11.8 Å². The van der Waals surface area contributed by atoms with Crippen LogP contribution in [0, 0.1) is 11.3 Å². The fourth-order valence-corrected chi connectivity index (χ4v) is 1.82. The lowest BCUT2D eigenvalue weighted by atomic mass is 10.1. The molecule has 0 bridgehead atoms. The Kier molecular flexibility index (Phi) is 4.04. The van der Waals surface area contributed by atoms with Crippen LogP contribution >= 0.6 is 0 Å². The van der Waals surface area contributed by atoms with Gasteiger partial charge in [0.2, 0.25) is 0 Å². The van der Waals surface area contributed by atoms with E-state index in [1.807, 2.05) is 55.5 Å². The Labute approximate surface area is 113 Å². The van der Waals surface area contributed by atoms with Crippen molar-refractivity contribution < 1.29 is 4.74 Å². The predicted molar refractivity (Wildman–Crippen MR) is 75.7 cm³/mol. The number of hydrogen-bond donors (Lipinski definition) is 1. The zero-order valence-electron chi connectivity index (χ0n) is 10.8. The molecule has 0 saturated heterocycles. The second-order valence-electron chi connectivity index (χ2n) is 4.41. The topological polar surface area (TPSA) is 59.0 Å². The van der Waals surface area contributed by atoms with Crippen molar-refractivity contribution in [3.63, 3.8) is 0 Å². The Morgan fingerprint density at radius 1 is 1.11 bits per heavy atom. The van der Waals surface area contributed by atoms with Crippen molar-refractivity contribution in [2.24, 2.45) is 0 Å². The number of hydrogen-bond acceptors (Lipinski definition) is 3. The summed E-state index contributed by atoms with van der Waals surface area (Å²) in [6.45, 7) is 1.99. The summed E-state index contributed by atoms with van der Waals surface area (Å²) in [5.74, 6) is 0.797. The van der Waals surface area contributed by atoms with Crippen LogP contribution in [0.5, 0.6) is 5.75 Å². The molecule has 0 saturated carbocycles. The van der Waals surface area contributed by atoms with Crippen molar-refractivity contribution in [2.45, 2.75) is 19.4 Å². The second kappa shape index (κ2) is 5.92. The molecule has 1 atom stereocenters. The zero-order chi connectivity index (χ0) is 13.7. The Balaban J connectivity index is 2.04. The van der Waals surface area contributed by atoms with Crippen molar-refractivity contribution in [3.05, 3.63) is 59.7 Å². The lowest BCUT2D eigenvalue weighted by Crippen LogP contribution is -2.03. The zero-order valence-corrected chi connectivity index (χ0v) is 10.8. The summed E-state index contributed by atoms with van der Waals surface area (Å²) in [5.41, 5.74) is 8.48. The van der Waals surface area contributed by atoms with Crippen LogP contribution in [-0.4, -0.2) is 0 Å². The van der Waals surface area contributed by atoms with Crippen LogP contribution in [0.3, 0.4) is 0 Å². The Morgan fingerprint density at radius 2 is 1.74 bits per heavy atom. The van der Waals surface area contributed by atoms with E-state index in [0.29, 0.717) is 6.42 Å². The van der Waals surface area contributed by atoms with Gasteiger partial charge in [0, 0.05) is 5.69 Å². The monoisotopic (exact) mass is 252 g/mol. The highest BCUT2D eigenvalue weighted by Gasteiger charge is 2.06. The number of nitrogen functional groups attached to an aromatic ring is 1. The van der Waals surface area contributed by atoms with Gasteiger partial charge in [0.25, 0.3) is 0 Å². The SMILES string of the molecule is CC(Oc1ccc(CC#N)cc1)c1ccc(N)cc1. The van der Waals surface area contributed by atoms with Gasteiger partial charge in [0.15, 0.2) is 0 Å².